The van der Waals surface area contributed by atoms with E-state index >= 15 is 0 Å². The molecule has 0 saturated carbocycles. The van der Waals surface area contributed by atoms with Gasteiger partial charge < -0.3 is 5.32 Å². The lowest BCUT2D eigenvalue weighted by Gasteiger charge is -2.18. The molecule has 2 aromatic rings. The van der Waals surface area contributed by atoms with Crippen molar-refractivity contribution in [3.63, 3.8) is 0 Å². The molecule has 8 nitrogen and oxygen atoms in total. The summed E-state index contributed by atoms with van der Waals surface area (Å²) in [4.78, 5) is 24.0. The molecule has 2 N–H and O–H groups in total. The molecular weight excluding hydrogens is 392 g/mol. The van der Waals surface area contributed by atoms with Gasteiger partial charge in [0.15, 0.2) is 0 Å². The van der Waals surface area contributed by atoms with Crippen LogP contribution >= 0.6 is 0 Å². The Bertz CT molecular complexity index is 954. The van der Waals surface area contributed by atoms with Crippen LogP contribution in [-0.4, -0.2) is 50.4 Å². The van der Waals surface area contributed by atoms with Crippen molar-refractivity contribution in [3.8, 4) is 0 Å². The normalized spacial score (nSPS) is 11.6. The largest absolute Gasteiger partial charge is 0.343 e. The van der Waals surface area contributed by atoms with Gasteiger partial charge in [-0.2, -0.15) is 9.41 Å². The highest BCUT2D eigenvalue weighted by Crippen LogP contribution is 2.16. The first-order valence-corrected chi connectivity index (χ1v) is 10.6. The Balaban J connectivity index is 1.89. The predicted molar refractivity (Wildman–Crippen MR) is 111 cm³/mol. The van der Waals surface area contributed by atoms with Gasteiger partial charge in [-0.05, 0) is 29.8 Å². The third kappa shape index (κ3) is 6.23. The van der Waals surface area contributed by atoms with Gasteiger partial charge in [0.25, 0.3) is 11.8 Å². The molecule has 0 aromatic heterocycles. The first-order valence-electron chi connectivity index (χ1n) is 9.13. The quantitative estimate of drug-likeness (QED) is 0.478. The van der Waals surface area contributed by atoms with E-state index in [1.165, 1.54) is 34.8 Å². The smallest absolute Gasteiger partial charge is 0.259 e. The number of nitrogens with one attached hydrogen (secondary N) is 2. The molecule has 0 saturated heterocycles. The molecule has 2 aromatic carbocycles. The molecule has 0 fully saturated rings. The first-order chi connectivity index (χ1) is 13.9. The molecule has 2 amide bonds. The van der Waals surface area contributed by atoms with E-state index in [1.807, 2.05) is 30.3 Å². The fraction of sp³-hybridized carbons (Fsp3) is 0.250. The van der Waals surface area contributed by atoms with Crippen molar-refractivity contribution >= 4 is 28.1 Å². The van der Waals surface area contributed by atoms with Gasteiger partial charge in [-0.3, -0.25) is 9.59 Å². The van der Waals surface area contributed by atoms with Gasteiger partial charge in [-0.25, -0.2) is 13.8 Å². The number of rotatable bonds is 9. The Morgan fingerprint density at radius 2 is 1.62 bits per heavy atom. The van der Waals surface area contributed by atoms with E-state index in [-0.39, 0.29) is 17.0 Å². The number of sulfonamides is 1. The van der Waals surface area contributed by atoms with Gasteiger partial charge in [0, 0.05) is 18.7 Å². The van der Waals surface area contributed by atoms with Gasteiger partial charge in [-0.15, -0.1) is 0 Å². The Morgan fingerprint density at radius 3 is 2.21 bits per heavy atom. The number of nitrogens with zero attached hydrogens (tertiary/aromatic N) is 2. The number of carbonyl (C=O) groups excluding carboxylic acids is 2. The molecule has 9 heteroatoms. The van der Waals surface area contributed by atoms with Gasteiger partial charge >= 0.3 is 0 Å². The zero-order chi connectivity index (χ0) is 21.3. The number of benzene rings is 2. The van der Waals surface area contributed by atoms with Crippen molar-refractivity contribution in [2.45, 2.75) is 18.7 Å². The highest BCUT2D eigenvalue weighted by molar-refractivity contribution is 7.89. The van der Waals surface area contributed by atoms with E-state index < -0.39 is 21.8 Å². The van der Waals surface area contributed by atoms with Crippen LogP contribution in [0.1, 0.15) is 29.8 Å². The molecule has 0 aliphatic carbocycles. The third-order valence-corrected chi connectivity index (χ3v) is 6.14. The van der Waals surface area contributed by atoms with Crippen LogP contribution in [0.2, 0.25) is 0 Å². The van der Waals surface area contributed by atoms with Crippen molar-refractivity contribution < 1.29 is 18.0 Å². The van der Waals surface area contributed by atoms with Crippen LogP contribution in [0.25, 0.3) is 0 Å². The summed E-state index contributed by atoms with van der Waals surface area (Å²) in [7, 11) is -3.58. The molecule has 0 atom stereocenters. The van der Waals surface area contributed by atoms with Crippen molar-refractivity contribution in [2.75, 3.05) is 19.6 Å². The number of hydrogen-bond donors (Lipinski definition) is 2. The fourth-order valence-corrected chi connectivity index (χ4v) is 3.97. The summed E-state index contributed by atoms with van der Waals surface area (Å²) in [6.07, 6.45) is 1.49. The summed E-state index contributed by atoms with van der Waals surface area (Å²) >= 11 is 0. The molecule has 0 heterocycles. The molecule has 2 rings (SSSR count). The predicted octanol–water partition coefficient (Wildman–Crippen LogP) is 1.60. The average Bonchev–Trinajstić information content (AvgIpc) is 2.73. The molecule has 0 unspecified atom stereocenters. The topological polar surface area (TPSA) is 108 Å². The second kappa shape index (κ2) is 10.5. The minimum Gasteiger partial charge on any atom is -0.343 e. The van der Waals surface area contributed by atoms with Crippen LogP contribution < -0.4 is 10.7 Å². The highest BCUT2D eigenvalue weighted by atomic mass is 32.2. The van der Waals surface area contributed by atoms with E-state index in [0.717, 1.165) is 5.56 Å². The number of hydrazone groups is 1. The minimum atomic E-state index is -3.58. The molecule has 0 aliphatic rings. The van der Waals surface area contributed by atoms with Crippen LogP contribution in [-0.2, 0) is 14.8 Å². The standard InChI is InChI=1S/C20H24N4O4S/c1-3-24(4-2)29(27,28)18-12-10-17(11-13-18)20(26)21-15-19(25)23-22-14-16-8-6-5-7-9-16/h5-14H,3-4,15H2,1-2H3,(H,21,26)(H,23,25)/b22-14+. The van der Waals surface area contributed by atoms with E-state index in [9.17, 15) is 18.0 Å². The van der Waals surface area contributed by atoms with Crippen LogP contribution in [0, 0.1) is 0 Å². The first kappa shape index (κ1) is 22.3. The summed E-state index contributed by atoms with van der Waals surface area (Å²) in [5.41, 5.74) is 3.41. The zero-order valence-electron chi connectivity index (χ0n) is 16.3. The Labute approximate surface area is 170 Å². The number of amides is 2. The van der Waals surface area contributed by atoms with E-state index in [1.54, 1.807) is 13.8 Å². The summed E-state index contributed by atoms with van der Waals surface area (Å²) in [5.74, 6) is -0.967. The van der Waals surface area contributed by atoms with Crippen LogP contribution in [0.4, 0.5) is 0 Å². The maximum absolute atomic E-state index is 12.5. The summed E-state index contributed by atoms with van der Waals surface area (Å²) in [6, 6.07) is 14.8. The maximum atomic E-state index is 12.5. The lowest BCUT2D eigenvalue weighted by atomic mass is 10.2. The highest BCUT2D eigenvalue weighted by Gasteiger charge is 2.21. The van der Waals surface area contributed by atoms with Crippen LogP contribution in [0.3, 0.4) is 0 Å². The van der Waals surface area contributed by atoms with Crippen molar-refractivity contribution in [2.24, 2.45) is 5.10 Å². The Hall–Kier alpha value is -3.04. The SMILES string of the molecule is CCN(CC)S(=O)(=O)c1ccc(C(=O)NCC(=O)N/N=C/c2ccccc2)cc1. The average molecular weight is 417 g/mol. The van der Waals surface area contributed by atoms with Crippen molar-refractivity contribution in [1.29, 1.82) is 0 Å². The number of carbonyl (C=O) groups is 2. The molecule has 29 heavy (non-hydrogen) atoms. The molecule has 0 spiro atoms. The summed E-state index contributed by atoms with van der Waals surface area (Å²) in [5, 5.41) is 6.28. The van der Waals surface area contributed by atoms with Crippen LogP contribution in [0.15, 0.2) is 64.6 Å². The minimum absolute atomic E-state index is 0.116. The van der Waals surface area contributed by atoms with E-state index in [2.05, 4.69) is 15.8 Å². The molecular formula is C20H24N4O4S. The molecule has 0 radical (unpaired) electrons. The molecule has 0 aliphatic heterocycles. The molecule has 0 bridgehead atoms. The fourth-order valence-electron chi connectivity index (χ4n) is 2.51. The van der Waals surface area contributed by atoms with Crippen molar-refractivity contribution in [1.82, 2.24) is 15.0 Å². The third-order valence-electron chi connectivity index (χ3n) is 4.07. The summed E-state index contributed by atoms with van der Waals surface area (Å²) in [6.45, 7) is 3.99. The van der Waals surface area contributed by atoms with Gasteiger partial charge in [0.2, 0.25) is 10.0 Å². The Kier molecular flexibility index (Phi) is 8.05. The monoisotopic (exact) mass is 416 g/mol. The van der Waals surface area contributed by atoms with Crippen molar-refractivity contribution in [3.05, 3.63) is 65.7 Å². The van der Waals surface area contributed by atoms with E-state index in [4.69, 9.17) is 0 Å². The lowest BCUT2D eigenvalue weighted by Crippen LogP contribution is -2.35. The molecule has 154 valence electrons. The van der Waals surface area contributed by atoms with Gasteiger partial charge in [0.05, 0.1) is 17.7 Å². The zero-order valence-corrected chi connectivity index (χ0v) is 17.1. The Morgan fingerprint density at radius 1 is 1.00 bits per heavy atom. The van der Waals surface area contributed by atoms with Gasteiger partial charge in [0.1, 0.15) is 0 Å². The van der Waals surface area contributed by atoms with Crippen LogP contribution in [0.5, 0.6) is 0 Å². The second-order valence-corrected chi connectivity index (χ2v) is 7.94. The van der Waals surface area contributed by atoms with Gasteiger partial charge in [-0.1, -0.05) is 44.2 Å². The van der Waals surface area contributed by atoms with E-state index in [0.29, 0.717) is 13.1 Å². The maximum Gasteiger partial charge on any atom is 0.259 e. The number of hydrogen-bond acceptors (Lipinski definition) is 5. The second-order valence-electron chi connectivity index (χ2n) is 6.00. The lowest BCUT2D eigenvalue weighted by molar-refractivity contribution is -0.120. The summed E-state index contributed by atoms with van der Waals surface area (Å²) < 4.78 is 26.2.